The van der Waals surface area contributed by atoms with Gasteiger partial charge in [-0.05, 0) is 18.1 Å². The van der Waals surface area contributed by atoms with E-state index in [1.165, 1.54) is 6.33 Å². The lowest BCUT2D eigenvalue weighted by molar-refractivity contribution is 0.469. The van der Waals surface area contributed by atoms with Crippen LogP contribution in [0.1, 0.15) is 12.5 Å². The van der Waals surface area contributed by atoms with Crippen LogP contribution >= 0.6 is 0 Å². The van der Waals surface area contributed by atoms with E-state index in [4.69, 9.17) is 5.73 Å². The van der Waals surface area contributed by atoms with Crippen molar-refractivity contribution in [2.24, 2.45) is 0 Å². The summed E-state index contributed by atoms with van der Waals surface area (Å²) in [6, 6.07) is 11.5. The van der Waals surface area contributed by atoms with Crippen LogP contribution in [0.25, 0.3) is 22.3 Å². The van der Waals surface area contributed by atoms with Crippen molar-refractivity contribution in [2.75, 3.05) is 5.73 Å². The molecule has 1 aromatic heterocycles. The quantitative estimate of drug-likeness (QED) is 0.570. The van der Waals surface area contributed by atoms with Crippen molar-refractivity contribution < 1.29 is 5.11 Å². The van der Waals surface area contributed by atoms with Gasteiger partial charge >= 0.3 is 0 Å². The van der Waals surface area contributed by atoms with Gasteiger partial charge in [0, 0.05) is 40.3 Å². The van der Waals surface area contributed by atoms with Gasteiger partial charge in [-0.1, -0.05) is 37.3 Å². The smallest absolute Gasteiger partial charge is 0.120 e. The third-order valence-corrected chi connectivity index (χ3v) is 3.74. The van der Waals surface area contributed by atoms with Crippen molar-refractivity contribution in [3.8, 4) is 28.0 Å². The summed E-state index contributed by atoms with van der Waals surface area (Å²) in [5.41, 5.74) is 11.3. The number of phenolic OH excluding ortho intramolecular Hbond substituents is 1. The summed E-state index contributed by atoms with van der Waals surface area (Å²) < 4.78 is 0. The number of nitrogens with zero attached hydrogens (tertiary/aromatic N) is 2. The molecular formula is C18H17N3O. The lowest BCUT2D eigenvalue weighted by Crippen LogP contribution is -2.00. The average Bonchev–Trinajstić information content (AvgIpc) is 2.57. The van der Waals surface area contributed by atoms with Gasteiger partial charge in [-0.15, -0.1) is 0 Å². The zero-order valence-corrected chi connectivity index (χ0v) is 12.3. The Labute approximate surface area is 129 Å². The fourth-order valence-electron chi connectivity index (χ4n) is 2.70. The molecule has 1 heterocycles. The van der Waals surface area contributed by atoms with Crippen LogP contribution in [0.5, 0.6) is 5.75 Å². The van der Waals surface area contributed by atoms with Crippen LogP contribution < -0.4 is 5.73 Å². The zero-order chi connectivity index (χ0) is 15.5. The first-order valence-corrected chi connectivity index (χ1v) is 7.17. The second kappa shape index (κ2) is 5.85. The van der Waals surface area contributed by atoms with E-state index < -0.39 is 0 Å². The molecule has 3 aromatic rings. The number of nitrogens with two attached hydrogens (primary N) is 1. The number of benzene rings is 2. The number of rotatable bonds is 3. The lowest BCUT2D eigenvalue weighted by Gasteiger charge is -2.17. The third-order valence-electron chi connectivity index (χ3n) is 3.74. The van der Waals surface area contributed by atoms with Crippen LogP contribution in [0.15, 0.2) is 55.1 Å². The maximum atomic E-state index is 10.4. The fraction of sp³-hybridized carbons (Fsp3) is 0.111. The molecule has 0 spiro atoms. The lowest BCUT2D eigenvalue weighted by atomic mass is 9.91. The minimum atomic E-state index is 0.245. The van der Waals surface area contributed by atoms with E-state index in [1.807, 2.05) is 37.3 Å². The average molecular weight is 291 g/mol. The molecule has 0 saturated heterocycles. The molecule has 0 amide bonds. The van der Waals surface area contributed by atoms with E-state index in [2.05, 4.69) is 9.97 Å². The van der Waals surface area contributed by atoms with Crippen molar-refractivity contribution in [1.82, 2.24) is 9.97 Å². The number of aromatic hydroxyl groups is 1. The molecule has 2 aromatic carbocycles. The molecule has 0 saturated carbocycles. The Hall–Kier alpha value is -2.88. The molecule has 4 heteroatoms. The highest BCUT2D eigenvalue weighted by Gasteiger charge is 2.17. The van der Waals surface area contributed by atoms with Crippen molar-refractivity contribution in [3.63, 3.8) is 0 Å². The standard InChI is InChI=1S/C18H17N3O/c1-2-14-16(22)8-15(12-6-4-3-5-7-12)18(19)17(14)13-9-20-11-21-10-13/h3-11,22H,2,19H2,1H3. The van der Waals surface area contributed by atoms with E-state index in [0.29, 0.717) is 12.1 Å². The molecule has 0 radical (unpaired) electrons. The van der Waals surface area contributed by atoms with Crippen LogP contribution in [0.4, 0.5) is 5.69 Å². The van der Waals surface area contributed by atoms with Crippen LogP contribution in [-0.4, -0.2) is 15.1 Å². The topological polar surface area (TPSA) is 72.0 Å². The predicted molar refractivity (Wildman–Crippen MR) is 88.4 cm³/mol. The maximum absolute atomic E-state index is 10.4. The summed E-state index contributed by atoms with van der Waals surface area (Å²) >= 11 is 0. The molecule has 3 N–H and O–H groups in total. The second-order valence-corrected chi connectivity index (χ2v) is 5.06. The molecule has 0 bridgehead atoms. The van der Waals surface area contributed by atoms with Crippen LogP contribution in [0.3, 0.4) is 0 Å². The fourth-order valence-corrected chi connectivity index (χ4v) is 2.70. The Balaban J connectivity index is 2.30. The number of hydrogen-bond donors (Lipinski definition) is 2. The summed E-state index contributed by atoms with van der Waals surface area (Å²) in [6.45, 7) is 1.99. The summed E-state index contributed by atoms with van der Waals surface area (Å²) in [5.74, 6) is 0.245. The number of phenols is 1. The Bertz CT molecular complexity index is 786. The van der Waals surface area contributed by atoms with Gasteiger partial charge in [-0.3, -0.25) is 0 Å². The first-order chi connectivity index (χ1) is 10.7. The molecular weight excluding hydrogens is 274 g/mol. The second-order valence-electron chi connectivity index (χ2n) is 5.06. The minimum absolute atomic E-state index is 0.245. The molecule has 0 aliphatic heterocycles. The summed E-state index contributed by atoms with van der Waals surface area (Å²) in [7, 11) is 0. The van der Waals surface area contributed by atoms with E-state index in [-0.39, 0.29) is 5.75 Å². The number of anilines is 1. The Morgan fingerprint density at radius 2 is 1.73 bits per heavy atom. The SMILES string of the molecule is CCc1c(O)cc(-c2ccccc2)c(N)c1-c1cncnc1. The van der Waals surface area contributed by atoms with E-state index in [9.17, 15) is 5.11 Å². The summed E-state index contributed by atoms with van der Waals surface area (Å²) in [4.78, 5) is 8.12. The Morgan fingerprint density at radius 1 is 1.05 bits per heavy atom. The molecule has 22 heavy (non-hydrogen) atoms. The largest absolute Gasteiger partial charge is 0.508 e. The van der Waals surface area contributed by atoms with Crippen LogP contribution in [0.2, 0.25) is 0 Å². The Morgan fingerprint density at radius 3 is 2.36 bits per heavy atom. The van der Waals surface area contributed by atoms with Gasteiger partial charge in [-0.25, -0.2) is 9.97 Å². The van der Waals surface area contributed by atoms with E-state index >= 15 is 0 Å². The third kappa shape index (κ3) is 2.39. The molecule has 0 aliphatic rings. The van der Waals surface area contributed by atoms with Gasteiger partial charge < -0.3 is 10.8 Å². The van der Waals surface area contributed by atoms with Gasteiger partial charge in [0.05, 0.1) is 0 Å². The molecule has 0 fully saturated rings. The van der Waals surface area contributed by atoms with E-state index in [0.717, 1.165) is 27.8 Å². The van der Waals surface area contributed by atoms with Gasteiger partial charge in [0.25, 0.3) is 0 Å². The van der Waals surface area contributed by atoms with Gasteiger partial charge in [0.15, 0.2) is 0 Å². The van der Waals surface area contributed by atoms with Crippen molar-refractivity contribution >= 4 is 5.69 Å². The van der Waals surface area contributed by atoms with Gasteiger partial charge in [-0.2, -0.15) is 0 Å². The summed E-state index contributed by atoms with van der Waals surface area (Å²) in [6.07, 6.45) is 5.58. The molecule has 3 rings (SSSR count). The van der Waals surface area contributed by atoms with Gasteiger partial charge in [0.1, 0.15) is 12.1 Å². The normalized spacial score (nSPS) is 10.6. The summed E-state index contributed by atoms with van der Waals surface area (Å²) in [5, 5.41) is 10.4. The van der Waals surface area contributed by atoms with Gasteiger partial charge in [0.2, 0.25) is 0 Å². The number of hydrogen-bond acceptors (Lipinski definition) is 4. The number of nitrogen functional groups attached to an aromatic ring is 1. The first kappa shape index (κ1) is 14.1. The molecule has 4 nitrogen and oxygen atoms in total. The molecule has 0 atom stereocenters. The minimum Gasteiger partial charge on any atom is -0.508 e. The molecule has 0 unspecified atom stereocenters. The maximum Gasteiger partial charge on any atom is 0.120 e. The van der Waals surface area contributed by atoms with E-state index in [1.54, 1.807) is 18.5 Å². The monoisotopic (exact) mass is 291 g/mol. The highest BCUT2D eigenvalue weighted by atomic mass is 16.3. The number of aromatic nitrogens is 2. The first-order valence-electron chi connectivity index (χ1n) is 7.17. The Kier molecular flexibility index (Phi) is 3.74. The van der Waals surface area contributed by atoms with Crippen molar-refractivity contribution in [3.05, 3.63) is 60.7 Å². The van der Waals surface area contributed by atoms with Crippen molar-refractivity contribution in [1.29, 1.82) is 0 Å². The van der Waals surface area contributed by atoms with Crippen molar-refractivity contribution in [2.45, 2.75) is 13.3 Å². The predicted octanol–water partition coefficient (Wildman–Crippen LogP) is 3.66. The van der Waals surface area contributed by atoms with Crippen LogP contribution in [0, 0.1) is 0 Å². The zero-order valence-electron chi connectivity index (χ0n) is 12.3. The molecule has 110 valence electrons. The highest BCUT2D eigenvalue weighted by Crippen LogP contribution is 2.41. The van der Waals surface area contributed by atoms with Crippen LogP contribution in [-0.2, 0) is 6.42 Å². The highest BCUT2D eigenvalue weighted by molar-refractivity contribution is 5.92. The molecule has 0 aliphatic carbocycles.